The maximum Gasteiger partial charge on any atom is 0.240 e. The normalized spacial score (nSPS) is 18.2. The van der Waals surface area contributed by atoms with E-state index in [1.54, 1.807) is 19.1 Å². The minimum atomic E-state index is -0.500. The highest BCUT2D eigenvalue weighted by Crippen LogP contribution is 2.22. The number of rotatable bonds is 11. The van der Waals surface area contributed by atoms with Crippen LogP contribution in [-0.2, 0) is 9.59 Å². The first-order valence-corrected chi connectivity index (χ1v) is 11.0. The van der Waals surface area contributed by atoms with Gasteiger partial charge in [0.05, 0.1) is 5.71 Å². The molecule has 1 aromatic rings. The molecule has 2 rings (SSSR count). The Labute approximate surface area is 175 Å². The van der Waals surface area contributed by atoms with E-state index in [0.717, 1.165) is 18.4 Å². The summed E-state index contributed by atoms with van der Waals surface area (Å²) in [5.41, 5.74) is 1.35. The van der Waals surface area contributed by atoms with Crippen LogP contribution < -0.4 is 10.6 Å². The van der Waals surface area contributed by atoms with Crippen LogP contribution in [0.15, 0.2) is 34.5 Å². The molecule has 1 aliphatic rings. The van der Waals surface area contributed by atoms with E-state index in [1.807, 2.05) is 0 Å². The van der Waals surface area contributed by atoms with Gasteiger partial charge in [-0.05, 0) is 31.0 Å². The largest absolute Gasteiger partial charge is 0.356 e. The standard InChI is InChI=1S/C21H29FN4O2S/c1-3-4-5-6-7-8-13-23-19(27)14-18-20(28)24-21(29-18)26-25-15(2)16-9-11-17(22)12-10-16/h9-12,18H,3-8,13-14H2,1-2H3,(H,23,27)(H,24,26,28)/t18-/m1/s1. The summed E-state index contributed by atoms with van der Waals surface area (Å²) in [5.74, 6) is -0.680. The fraction of sp³-hybridized carbons (Fsp3) is 0.524. The Bertz CT molecular complexity index is 750. The van der Waals surface area contributed by atoms with Crippen molar-refractivity contribution in [2.45, 2.75) is 64.0 Å². The molecule has 0 saturated carbocycles. The fourth-order valence-corrected chi connectivity index (χ4v) is 3.75. The lowest BCUT2D eigenvalue weighted by atomic mass is 10.1. The van der Waals surface area contributed by atoms with Gasteiger partial charge in [0.1, 0.15) is 11.1 Å². The molecule has 8 heteroatoms. The first-order chi connectivity index (χ1) is 14.0. The van der Waals surface area contributed by atoms with Crippen LogP contribution in [-0.4, -0.2) is 34.5 Å². The van der Waals surface area contributed by atoms with E-state index in [4.69, 9.17) is 0 Å². The summed E-state index contributed by atoms with van der Waals surface area (Å²) in [5, 5.41) is 13.5. The number of amides is 2. The molecule has 0 radical (unpaired) electrons. The van der Waals surface area contributed by atoms with E-state index in [-0.39, 0.29) is 24.1 Å². The summed E-state index contributed by atoms with van der Waals surface area (Å²) < 4.78 is 13.0. The molecular formula is C21H29FN4O2S. The topological polar surface area (TPSA) is 82.9 Å². The van der Waals surface area contributed by atoms with Gasteiger partial charge in [-0.25, -0.2) is 4.39 Å². The summed E-state index contributed by atoms with van der Waals surface area (Å²) >= 11 is 1.20. The third-order valence-electron chi connectivity index (χ3n) is 4.55. The Hall–Kier alpha value is -2.22. The van der Waals surface area contributed by atoms with Crippen molar-refractivity contribution >= 4 is 34.5 Å². The molecule has 0 aromatic heterocycles. The molecule has 1 heterocycles. The smallest absolute Gasteiger partial charge is 0.240 e. The average Bonchev–Trinajstić information content (AvgIpc) is 3.05. The van der Waals surface area contributed by atoms with Crippen LogP contribution >= 0.6 is 11.8 Å². The lowest BCUT2D eigenvalue weighted by molar-refractivity contribution is -0.125. The molecule has 1 atom stereocenters. The highest BCUT2D eigenvalue weighted by atomic mass is 32.2. The second kappa shape index (κ2) is 12.4. The molecule has 0 aliphatic carbocycles. The molecule has 2 N–H and O–H groups in total. The van der Waals surface area contributed by atoms with Gasteiger partial charge in [0.25, 0.3) is 0 Å². The van der Waals surface area contributed by atoms with Crippen LogP contribution in [0.2, 0.25) is 0 Å². The molecule has 0 bridgehead atoms. The van der Waals surface area contributed by atoms with Crippen molar-refractivity contribution in [1.82, 2.24) is 10.6 Å². The Morgan fingerprint density at radius 1 is 1.17 bits per heavy atom. The number of nitrogens with zero attached hydrogens (tertiary/aromatic N) is 2. The maximum atomic E-state index is 13.0. The molecule has 0 unspecified atom stereocenters. The number of nitrogens with one attached hydrogen (secondary N) is 2. The molecular weight excluding hydrogens is 391 g/mol. The number of amidine groups is 1. The van der Waals surface area contributed by atoms with Crippen LogP contribution in [0.5, 0.6) is 0 Å². The second-order valence-corrected chi connectivity index (χ2v) is 8.21. The third-order valence-corrected chi connectivity index (χ3v) is 5.62. The van der Waals surface area contributed by atoms with Crippen molar-refractivity contribution in [3.63, 3.8) is 0 Å². The number of hydrogen-bond donors (Lipinski definition) is 2. The van der Waals surface area contributed by atoms with Crippen LogP contribution in [0.1, 0.15) is 64.4 Å². The van der Waals surface area contributed by atoms with Gasteiger partial charge < -0.3 is 10.6 Å². The zero-order valence-electron chi connectivity index (χ0n) is 17.0. The molecule has 1 aliphatic heterocycles. The molecule has 1 fully saturated rings. The van der Waals surface area contributed by atoms with Crippen molar-refractivity contribution in [3.05, 3.63) is 35.6 Å². The fourth-order valence-electron chi connectivity index (χ4n) is 2.83. The summed E-state index contributed by atoms with van der Waals surface area (Å²) in [6.45, 7) is 4.59. The van der Waals surface area contributed by atoms with Crippen molar-refractivity contribution in [3.8, 4) is 0 Å². The highest BCUT2D eigenvalue weighted by molar-refractivity contribution is 8.15. The van der Waals surface area contributed by atoms with E-state index in [9.17, 15) is 14.0 Å². The molecule has 158 valence electrons. The molecule has 1 saturated heterocycles. The summed E-state index contributed by atoms with van der Waals surface area (Å²) in [4.78, 5) is 24.1. The van der Waals surface area contributed by atoms with E-state index >= 15 is 0 Å². The number of unbranched alkanes of at least 4 members (excludes halogenated alkanes) is 5. The Morgan fingerprint density at radius 2 is 1.86 bits per heavy atom. The monoisotopic (exact) mass is 420 g/mol. The number of hydrogen-bond acceptors (Lipinski definition) is 5. The van der Waals surface area contributed by atoms with E-state index in [2.05, 4.69) is 27.8 Å². The predicted octanol–water partition coefficient (Wildman–Crippen LogP) is 4.00. The van der Waals surface area contributed by atoms with Crippen molar-refractivity contribution in [2.75, 3.05) is 6.54 Å². The quantitative estimate of drug-likeness (QED) is 0.322. The van der Waals surface area contributed by atoms with E-state index < -0.39 is 5.25 Å². The van der Waals surface area contributed by atoms with Crippen LogP contribution in [0.4, 0.5) is 4.39 Å². The predicted molar refractivity (Wildman–Crippen MR) is 117 cm³/mol. The van der Waals surface area contributed by atoms with Gasteiger partial charge >= 0.3 is 0 Å². The van der Waals surface area contributed by atoms with Crippen LogP contribution in [0.25, 0.3) is 0 Å². The average molecular weight is 421 g/mol. The van der Waals surface area contributed by atoms with Gasteiger partial charge in [-0.1, -0.05) is 62.9 Å². The first kappa shape index (κ1) is 23.1. The van der Waals surface area contributed by atoms with Crippen LogP contribution in [0.3, 0.4) is 0 Å². The van der Waals surface area contributed by atoms with Crippen LogP contribution in [0, 0.1) is 5.82 Å². The second-order valence-electron chi connectivity index (χ2n) is 7.02. The Morgan fingerprint density at radius 3 is 2.59 bits per heavy atom. The molecule has 0 spiro atoms. The molecule has 1 aromatic carbocycles. The number of carbonyl (C=O) groups excluding carboxylic acids is 2. The summed E-state index contributed by atoms with van der Waals surface area (Å²) in [6, 6.07) is 5.94. The van der Waals surface area contributed by atoms with Crippen molar-refractivity contribution in [1.29, 1.82) is 0 Å². The maximum absolute atomic E-state index is 13.0. The highest BCUT2D eigenvalue weighted by Gasteiger charge is 2.32. The summed E-state index contributed by atoms with van der Waals surface area (Å²) in [6.07, 6.45) is 7.12. The lowest BCUT2D eigenvalue weighted by Gasteiger charge is -2.07. The third kappa shape index (κ3) is 8.35. The Kier molecular flexibility index (Phi) is 9.83. The van der Waals surface area contributed by atoms with Gasteiger partial charge in [0.2, 0.25) is 11.8 Å². The number of carbonyl (C=O) groups is 2. The van der Waals surface area contributed by atoms with E-state index in [1.165, 1.54) is 49.6 Å². The first-order valence-electron chi connectivity index (χ1n) is 10.1. The molecule has 29 heavy (non-hydrogen) atoms. The minimum absolute atomic E-state index is 0.117. The summed E-state index contributed by atoms with van der Waals surface area (Å²) in [7, 11) is 0. The number of thioether (sulfide) groups is 1. The zero-order chi connectivity index (χ0) is 21.1. The van der Waals surface area contributed by atoms with Crippen molar-refractivity contribution in [2.24, 2.45) is 10.2 Å². The lowest BCUT2D eigenvalue weighted by Crippen LogP contribution is -2.31. The molecule has 6 nitrogen and oxygen atoms in total. The number of halogens is 1. The zero-order valence-corrected chi connectivity index (χ0v) is 17.9. The Balaban J connectivity index is 1.74. The van der Waals surface area contributed by atoms with Gasteiger partial charge in [-0.15, -0.1) is 5.10 Å². The molecule has 2 amide bonds. The number of benzene rings is 1. The minimum Gasteiger partial charge on any atom is -0.356 e. The SMILES string of the molecule is CCCCCCCCNC(=O)C[C@H]1SC(=NN=C(C)c2ccc(F)cc2)NC1=O. The van der Waals surface area contributed by atoms with Gasteiger partial charge in [0, 0.05) is 13.0 Å². The van der Waals surface area contributed by atoms with E-state index in [0.29, 0.717) is 17.4 Å². The van der Waals surface area contributed by atoms with Gasteiger partial charge in [-0.2, -0.15) is 5.10 Å². The van der Waals surface area contributed by atoms with Gasteiger partial charge in [-0.3, -0.25) is 9.59 Å². The van der Waals surface area contributed by atoms with Gasteiger partial charge in [0.15, 0.2) is 5.17 Å². The van der Waals surface area contributed by atoms with Crippen molar-refractivity contribution < 1.29 is 14.0 Å².